The lowest BCUT2D eigenvalue weighted by Crippen LogP contribution is -2.44. The summed E-state index contributed by atoms with van der Waals surface area (Å²) in [5.74, 6) is 0.493. The van der Waals surface area contributed by atoms with Gasteiger partial charge in [-0.1, -0.05) is 84.8 Å². The number of rotatable bonds is 10. The summed E-state index contributed by atoms with van der Waals surface area (Å²) in [6, 6.07) is 0. The van der Waals surface area contributed by atoms with E-state index >= 15 is 0 Å². The van der Waals surface area contributed by atoms with Gasteiger partial charge in [-0.25, -0.2) is 0 Å². The van der Waals surface area contributed by atoms with Gasteiger partial charge in [0.05, 0.1) is 49.0 Å². The van der Waals surface area contributed by atoms with E-state index in [1.807, 2.05) is 6.08 Å². The molecule has 2 fully saturated rings. The van der Waals surface area contributed by atoms with Gasteiger partial charge in [-0.05, 0) is 70.3 Å². The lowest BCUT2D eigenvalue weighted by Gasteiger charge is -2.42. The summed E-state index contributed by atoms with van der Waals surface area (Å²) in [7, 11) is 0. The molecule has 4 bridgehead atoms. The van der Waals surface area contributed by atoms with Gasteiger partial charge < -0.3 is 34.3 Å². The summed E-state index contributed by atoms with van der Waals surface area (Å²) >= 11 is 0. The van der Waals surface area contributed by atoms with Crippen LogP contribution in [0.5, 0.6) is 0 Å². The predicted octanol–water partition coefficient (Wildman–Crippen LogP) is 7.51. The van der Waals surface area contributed by atoms with E-state index in [0.29, 0.717) is 44.5 Å². The maximum absolute atomic E-state index is 12.2. The molecule has 0 aliphatic carbocycles. The zero-order chi connectivity index (χ0) is 31.1. The molecule has 0 saturated carbocycles. The van der Waals surface area contributed by atoms with Crippen molar-refractivity contribution >= 4 is 0 Å². The summed E-state index contributed by atoms with van der Waals surface area (Å²) in [5.41, 5.74) is -1.42. The van der Waals surface area contributed by atoms with Crippen molar-refractivity contribution in [1.82, 2.24) is 0 Å². The summed E-state index contributed by atoms with van der Waals surface area (Å²) in [6.45, 7) is 11.0. The van der Waals surface area contributed by atoms with Crippen molar-refractivity contribution in [3.05, 3.63) is 24.5 Å². The predicted molar refractivity (Wildman–Crippen MR) is 172 cm³/mol. The second-order valence-corrected chi connectivity index (χ2v) is 14.1. The van der Waals surface area contributed by atoms with Crippen LogP contribution in [0.4, 0.5) is 0 Å². The molecule has 3 heterocycles. The van der Waals surface area contributed by atoms with Gasteiger partial charge in [0.15, 0.2) is 6.29 Å². The van der Waals surface area contributed by atoms with E-state index in [0.717, 1.165) is 51.4 Å². The third kappa shape index (κ3) is 12.8. The fraction of sp³-hybridized carbons (Fsp3) is 0.889. The van der Waals surface area contributed by atoms with Gasteiger partial charge in [-0.2, -0.15) is 0 Å². The topological polar surface area (TPSA) is 97.6 Å². The van der Waals surface area contributed by atoms with Crippen molar-refractivity contribution in [2.75, 3.05) is 13.2 Å². The Morgan fingerprint density at radius 2 is 1.56 bits per heavy atom. The van der Waals surface area contributed by atoms with E-state index in [-0.39, 0.29) is 24.9 Å². The SMILES string of the molecule is C=C1C[C@H](O)C[C@@H]2CCC[C@H](C[C@@H]3CCO[C@H](/C=C/C(C)(C)[C@@](O)(CCCCCCCCCC)CCC[C@H](CO)O1)O3)O2. The number of hydrogen-bond donors (Lipinski definition) is 3. The number of aliphatic hydroxyl groups excluding tert-OH is 2. The average molecular weight is 609 g/mol. The smallest absolute Gasteiger partial charge is 0.177 e. The Balaban J connectivity index is 1.71. The Labute approximate surface area is 262 Å². The summed E-state index contributed by atoms with van der Waals surface area (Å²) in [6.07, 6.45) is 20.8. The van der Waals surface area contributed by atoms with Gasteiger partial charge >= 0.3 is 0 Å². The maximum atomic E-state index is 12.2. The monoisotopic (exact) mass is 608 g/mol. The number of ether oxygens (including phenoxy) is 4. The van der Waals surface area contributed by atoms with E-state index in [2.05, 4.69) is 33.4 Å². The quantitative estimate of drug-likeness (QED) is 0.174. The van der Waals surface area contributed by atoms with Crippen LogP contribution in [0.15, 0.2) is 24.5 Å². The highest BCUT2D eigenvalue weighted by molar-refractivity contribution is 5.08. The van der Waals surface area contributed by atoms with Crippen molar-refractivity contribution in [3.63, 3.8) is 0 Å². The van der Waals surface area contributed by atoms with Gasteiger partial charge in [-0.15, -0.1) is 0 Å². The molecule has 7 heteroatoms. The van der Waals surface area contributed by atoms with Gasteiger partial charge in [0.1, 0.15) is 6.10 Å². The molecular formula is C36H64O7. The van der Waals surface area contributed by atoms with Crippen LogP contribution in [0, 0.1) is 5.41 Å². The van der Waals surface area contributed by atoms with Crippen LogP contribution in [0.25, 0.3) is 0 Å². The molecule has 3 rings (SSSR count). The molecule has 0 radical (unpaired) electrons. The zero-order valence-electron chi connectivity index (χ0n) is 27.6. The van der Waals surface area contributed by atoms with Gasteiger partial charge in [0, 0.05) is 11.8 Å². The standard InChI is InChI=1S/C36H64O7/c1-5-6-7-8-9-10-11-12-20-36(39)21-14-17-33(27-37)41-28(2)24-29(38)25-30-15-13-16-31(42-30)26-32-19-23-40-34(43-32)18-22-35(36,3)4/h18,22,29-34,37-39H,2,5-17,19-21,23-27H2,1,3-4H3/b22-18+/t29-,30-,31+,32-,33+,34-,36+/m0/s1. The fourth-order valence-electron chi connectivity index (χ4n) is 7.05. The zero-order valence-corrected chi connectivity index (χ0v) is 27.6. The third-order valence-corrected chi connectivity index (χ3v) is 9.98. The Morgan fingerprint density at radius 1 is 0.884 bits per heavy atom. The molecule has 3 N–H and O–H groups in total. The summed E-state index contributed by atoms with van der Waals surface area (Å²) in [4.78, 5) is 0. The van der Waals surface area contributed by atoms with Crippen molar-refractivity contribution in [2.45, 2.75) is 185 Å². The lowest BCUT2D eigenvalue weighted by molar-refractivity contribution is -0.199. The van der Waals surface area contributed by atoms with Crippen molar-refractivity contribution in [1.29, 1.82) is 0 Å². The molecule has 0 aromatic rings. The second kappa shape index (κ2) is 18.9. The molecule has 3 aliphatic rings. The average Bonchev–Trinajstić information content (AvgIpc) is 2.96. The highest BCUT2D eigenvalue weighted by Gasteiger charge is 2.41. The fourth-order valence-corrected chi connectivity index (χ4v) is 7.05. The Kier molecular flexibility index (Phi) is 16.0. The van der Waals surface area contributed by atoms with E-state index in [4.69, 9.17) is 18.9 Å². The first kappa shape index (κ1) is 36.5. The first-order valence-electron chi connectivity index (χ1n) is 17.6. The van der Waals surface area contributed by atoms with Crippen LogP contribution in [-0.4, -0.2) is 70.9 Å². The highest BCUT2D eigenvalue weighted by Crippen LogP contribution is 2.41. The Bertz CT molecular complexity index is 813. The molecule has 0 aromatic heterocycles. The molecule has 0 amide bonds. The van der Waals surface area contributed by atoms with Gasteiger partial charge in [-0.3, -0.25) is 0 Å². The molecule has 0 spiro atoms. The van der Waals surface area contributed by atoms with Crippen LogP contribution in [0.3, 0.4) is 0 Å². The van der Waals surface area contributed by atoms with Crippen molar-refractivity contribution in [3.8, 4) is 0 Å². The second-order valence-electron chi connectivity index (χ2n) is 14.1. The number of fused-ring (bicyclic) bond motifs is 4. The van der Waals surface area contributed by atoms with Crippen LogP contribution < -0.4 is 0 Å². The number of hydrogen-bond acceptors (Lipinski definition) is 7. The largest absolute Gasteiger partial charge is 0.493 e. The van der Waals surface area contributed by atoms with Crippen LogP contribution in [-0.2, 0) is 18.9 Å². The molecule has 7 atom stereocenters. The van der Waals surface area contributed by atoms with Gasteiger partial charge in [0.25, 0.3) is 0 Å². The molecule has 2 saturated heterocycles. The molecule has 0 aromatic carbocycles. The molecule has 43 heavy (non-hydrogen) atoms. The third-order valence-electron chi connectivity index (χ3n) is 9.98. The maximum Gasteiger partial charge on any atom is 0.177 e. The first-order valence-corrected chi connectivity index (χ1v) is 17.6. The molecule has 3 aliphatic heterocycles. The lowest BCUT2D eigenvalue weighted by atomic mass is 9.69. The summed E-state index contributed by atoms with van der Waals surface area (Å²) < 4.78 is 24.7. The first-order chi connectivity index (χ1) is 20.6. The van der Waals surface area contributed by atoms with Crippen molar-refractivity contribution < 1.29 is 34.3 Å². The number of unbranched alkanes of at least 4 members (excludes halogenated alkanes) is 7. The molecule has 250 valence electrons. The molecular weight excluding hydrogens is 544 g/mol. The minimum atomic E-state index is -0.918. The van der Waals surface area contributed by atoms with Crippen LogP contribution in [0.2, 0.25) is 0 Å². The van der Waals surface area contributed by atoms with E-state index in [1.165, 1.54) is 38.5 Å². The highest BCUT2D eigenvalue weighted by atomic mass is 16.7. The van der Waals surface area contributed by atoms with Crippen molar-refractivity contribution in [2.24, 2.45) is 5.41 Å². The summed E-state index contributed by atoms with van der Waals surface area (Å²) in [5, 5.41) is 33.0. The molecule has 7 nitrogen and oxygen atoms in total. The van der Waals surface area contributed by atoms with E-state index in [1.54, 1.807) is 0 Å². The minimum absolute atomic E-state index is 0.0100. The number of aliphatic hydroxyl groups is 3. The van der Waals surface area contributed by atoms with Crippen LogP contribution >= 0.6 is 0 Å². The minimum Gasteiger partial charge on any atom is -0.493 e. The van der Waals surface area contributed by atoms with Crippen LogP contribution in [0.1, 0.15) is 143 Å². The Morgan fingerprint density at radius 3 is 2.28 bits per heavy atom. The normalized spacial score (nSPS) is 35.5. The molecule has 0 unspecified atom stereocenters. The van der Waals surface area contributed by atoms with Gasteiger partial charge in [0.2, 0.25) is 0 Å². The Hall–Kier alpha value is -0.960. The van der Waals surface area contributed by atoms with E-state index in [9.17, 15) is 15.3 Å². The van der Waals surface area contributed by atoms with E-state index < -0.39 is 29.5 Å².